The van der Waals surface area contributed by atoms with Crippen LogP contribution in [0.1, 0.15) is 5.56 Å². The summed E-state index contributed by atoms with van der Waals surface area (Å²) in [6, 6.07) is 11.7. The number of aromatic amines is 1. The van der Waals surface area contributed by atoms with Crippen LogP contribution in [0.5, 0.6) is 0 Å². The van der Waals surface area contributed by atoms with Crippen LogP contribution < -0.4 is 16.9 Å². The van der Waals surface area contributed by atoms with Crippen molar-refractivity contribution >= 4 is 28.1 Å². The molecule has 2 aromatic carbocycles. The molecule has 0 spiro atoms. The second-order valence-corrected chi connectivity index (χ2v) is 5.16. The van der Waals surface area contributed by atoms with E-state index in [4.69, 9.17) is 17.3 Å². The van der Waals surface area contributed by atoms with E-state index in [-0.39, 0.29) is 17.7 Å². The molecule has 0 saturated heterocycles. The lowest BCUT2D eigenvalue weighted by Crippen LogP contribution is -2.30. The molecule has 0 fully saturated rings. The van der Waals surface area contributed by atoms with Crippen molar-refractivity contribution < 1.29 is 0 Å². The van der Waals surface area contributed by atoms with Crippen LogP contribution >= 0.6 is 11.6 Å². The van der Waals surface area contributed by atoms with Gasteiger partial charge in [0, 0.05) is 10.7 Å². The fourth-order valence-electron chi connectivity index (χ4n) is 2.24. The van der Waals surface area contributed by atoms with E-state index in [0.717, 1.165) is 0 Å². The molecule has 5 nitrogen and oxygen atoms in total. The Balaban J connectivity index is 2.18. The number of halogens is 1. The van der Waals surface area contributed by atoms with Gasteiger partial charge in [-0.05, 0) is 35.9 Å². The molecule has 3 rings (SSSR count). The van der Waals surface area contributed by atoms with E-state index in [1.165, 1.54) is 4.68 Å². The molecule has 0 saturated carbocycles. The number of nitrogens with two attached hydrogens (primary N) is 1. The lowest BCUT2D eigenvalue weighted by molar-refractivity contribution is 0.638. The van der Waals surface area contributed by atoms with E-state index in [1.54, 1.807) is 42.5 Å². The minimum atomic E-state index is -0.314. The molecule has 6 heteroatoms. The van der Waals surface area contributed by atoms with Gasteiger partial charge < -0.3 is 5.73 Å². The quantitative estimate of drug-likeness (QED) is 0.710. The number of rotatable bonds is 2. The monoisotopic (exact) mass is 301 g/mol. The number of benzene rings is 2. The van der Waals surface area contributed by atoms with Gasteiger partial charge in [0.15, 0.2) is 0 Å². The molecular formula is C15H12ClN3O2. The molecule has 0 radical (unpaired) electrons. The van der Waals surface area contributed by atoms with Crippen molar-refractivity contribution in [2.75, 3.05) is 5.73 Å². The highest BCUT2D eigenvalue weighted by Crippen LogP contribution is 2.18. The molecule has 3 N–H and O–H groups in total. The van der Waals surface area contributed by atoms with Crippen LogP contribution in [0.2, 0.25) is 5.02 Å². The van der Waals surface area contributed by atoms with E-state index in [2.05, 4.69) is 5.10 Å². The topological polar surface area (TPSA) is 80.9 Å². The van der Waals surface area contributed by atoms with Crippen molar-refractivity contribution in [3.8, 4) is 0 Å². The molecule has 3 aromatic rings. The molecule has 21 heavy (non-hydrogen) atoms. The van der Waals surface area contributed by atoms with Gasteiger partial charge in [-0.3, -0.25) is 14.7 Å². The van der Waals surface area contributed by atoms with Crippen LogP contribution in [-0.2, 0) is 6.54 Å². The molecule has 0 aliphatic rings. The van der Waals surface area contributed by atoms with Crippen molar-refractivity contribution in [3.63, 3.8) is 0 Å². The molecular weight excluding hydrogens is 290 g/mol. The van der Waals surface area contributed by atoms with E-state index >= 15 is 0 Å². The van der Waals surface area contributed by atoms with Gasteiger partial charge in [-0.1, -0.05) is 23.7 Å². The fraction of sp³-hybridized carbons (Fsp3) is 0.0667. The molecule has 0 unspecified atom stereocenters. The summed E-state index contributed by atoms with van der Waals surface area (Å²) in [6.07, 6.45) is 0. The number of hydrogen-bond donors (Lipinski definition) is 2. The largest absolute Gasteiger partial charge is 0.398 e. The number of anilines is 1. The van der Waals surface area contributed by atoms with Crippen molar-refractivity contribution in [3.05, 3.63) is 73.8 Å². The Morgan fingerprint density at radius 1 is 1.10 bits per heavy atom. The highest BCUT2D eigenvalue weighted by atomic mass is 35.5. The molecule has 0 aliphatic heterocycles. The first-order valence-electron chi connectivity index (χ1n) is 6.32. The van der Waals surface area contributed by atoms with Crippen LogP contribution in [0.25, 0.3) is 10.8 Å². The molecule has 0 bridgehead atoms. The van der Waals surface area contributed by atoms with Gasteiger partial charge in [-0.25, -0.2) is 4.68 Å². The molecule has 0 aliphatic carbocycles. The summed E-state index contributed by atoms with van der Waals surface area (Å²) in [6.45, 7) is 0.158. The zero-order chi connectivity index (χ0) is 15.0. The maximum absolute atomic E-state index is 12.4. The Kier molecular flexibility index (Phi) is 3.27. The first-order valence-corrected chi connectivity index (χ1v) is 6.70. The van der Waals surface area contributed by atoms with Gasteiger partial charge in [0.1, 0.15) is 0 Å². The smallest absolute Gasteiger partial charge is 0.273 e. The average Bonchev–Trinajstić information content (AvgIpc) is 2.48. The lowest BCUT2D eigenvalue weighted by atomic mass is 10.1. The Labute approximate surface area is 124 Å². The van der Waals surface area contributed by atoms with Crippen LogP contribution in [0.4, 0.5) is 5.69 Å². The predicted molar refractivity (Wildman–Crippen MR) is 83.8 cm³/mol. The summed E-state index contributed by atoms with van der Waals surface area (Å²) >= 11 is 5.93. The summed E-state index contributed by atoms with van der Waals surface area (Å²) in [4.78, 5) is 24.4. The molecule has 1 heterocycles. The second-order valence-electron chi connectivity index (χ2n) is 4.72. The number of nitrogens with one attached hydrogen (secondary N) is 1. The third-order valence-electron chi connectivity index (χ3n) is 3.32. The minimum Gasteiger partial charge on any atom is -0.398 e. The third kappa shape index (κ3) is 2.43. The summed E-state index contributed by atoms with van der Waals surface area (Å²) < 4.78 is 1.24. The van der Waals surface area contributed by atoms with Gasteiger partial charge in [-0.2, -0.15) is 0 Å². The number of H-pyrrole nitrogens is 1. The van der Waals surface area contributed by atoms with E-state index in [9.17, 15) is 9.59 Å². The number of hydrogen-bond acceptors (Lipinski definition) is 3. The Hall–Kier alpha value is -2.53. The zero-order valence-electron chi connectivity index (χ0n) is 11.0. The molecule has 0 amide bonds. The van der Waals surface area contributed by atoms with Gasteiger partial charge in [0.2, 0.25) is 0 Å². The van der Waals surface area contributed by atoms with Crippen molar-refractivity contribution in [2.45, 2.75) is 6.54 Å². The summed E-state index contributed by atoms with van der Waals surface area (Å²) in [5, 5.41) is 3.84. The lowest BCUT2D eigenvalue weighted by Gasteiger charge is -2.09. The molecule has 0 atom stereocenters. The van der Waals surface area contributed by atoms with Crippen LogP contribution in [0, 0.1) is 0 Å². The summed E-state index contributed by atoms with van der Waals surface area (Å²) in [7, 11) is 0. The second kappa shape index (κ2) is 5.10. The molecule has 106 valence electrons. The first kappa shape index (κ1) is 13.5. The number of aromatic nitrogens is 2. The van der Waals surface area contributed by atoms with Crippen molar-refractivity contribution in [1.82, 2.24) is 9.78 Å². The highest BCUT2D eigenvalue weighted by molar-refractivity contribution is 6.30. The third-order valence-corrected chi connectivity index (χ3v) is 3.55. The standard InChI is InChI=1S/C15H12ClN3O2/c16-10-5-6-13(17)9(7-10)8-19-15(21)12-4-2-1-3-11(12)14(20)18-19/h1-7H,8,17H2,(H,18,20). The summed E-state index contributed by atoms with van der Waals surface area (Å²) in [5.41, 5.74) is 6.47. The summed E-state index contributed by atoms with van der Waals surface area (Å²) in [5.74, 6) is 0. The Morgan fingerprint density at radius 3 is 2.57 bits per heavy atom. The van der Waals surface area contributed by atoms with Crippen LogP contribution in [0.15, 0.2) is 52.1 Å². The number of nitrogens with zero attached hydrogens (tertiary/aromatic N) is 1. The Bertz CT molecular complexity index is 944. The minimum absolute atomic E-state index is 0.158. The number of nitrogen functional groups attached to an aromatic ring is 1. The van der Waals surface area contributed by atoms with Crippen molar-refractivity contribution in [2.24, 2.45) is 0 Å². The van der Waals surface area contributed by atoms with E-state index in [0.29, 0.717) is 27.0 Å². The van der Waals surface area contributed by atoms with Gasteiger partial charge >= 0.3 is 0 Å². The predicted octanol–water partition coefficient (Wildman–Crippen LogP) is 1.97. The molecule has 1 aromatic heterocycles. The fourth-order valence-corrected chi connectivity index (χ4v) is 2.43. The van der Waals surface area contributed by atoms with E-state index < -0.39 is 0 Å². The van der Waals surface area contributed by atoms with Gasteiger partial charge in [0.05, 0.1) is 17.3 Å². The average molecular weight is 302 g/mol. The maximum Gasteiger partial charge on any atom is 0.273 e. The SMILES string of the molecule is Nc1ccc(Cl)cc1Cn1[nH]c(=O)c2ccccc2c1=O. The van der Waals surface area contributed by atoms with Crippen LogP contribution in [0.3, 0.4) is 0 Å². The number of fused-ring (bicyclic) bond motifs is 1. The van der Waals surface area contributed by atoms with Gasteiger partial charge in [0.25, 0.3) is 11.1 Å². The Morgan fingerprint density at radius 2 is 1.81 bits per heavy atom. The van der Waals surface area contributed by atoms with Gasteiger partial charge in [-0.15, -0.1) is 0 Å². The van der Waals surface area contributed by atoms with Crippen LogP contribution in [-0.4, -0.2) is 9.78 Å². The van der Waals surface area contributed by atoms with Crippen molar-refractivity contribution in [1.29, 1.82) is 0 Å². The maximum atomic E-state index is 12.4. The zero-order valence-corrected chi connectivity index (χ0v) is 11.7. The van der Waals surface area contributed by atoms with E-state index in [1.807, 2.05) is 0 Å². The first-order chi connectivity index (χ1) is 10.1. The highest BCUT2D eigenvalue weighted by Gasteiger charge is 2.08. The normalized spacial score (nSPS) is 10.9.